The second-order valence-electron chi connectivity index (χ2n) is 9.86. The van der Waals surface area contributed by atoms with E-state index in [1.807, 2.05) is 24.3 Å². The van der Waals surface area contributed by atoms with Gasteiger partial charge in [0.05, 0.1) is 12.2 Å². The van der Waals surface area contributed by atoms with Gasteiger partial charge in [0.1, 0.15) is 12.4 Å². The predicted octanol–water partition coefficient (Wildman–Crippen LogP) is 3.26. The Labute approximate surface area is 189 Å². The van der Waals surface area contributed by atoms with Gasteiger partial charge in [0.25, 0.3) is 0 Å². The summed E-state index contributed by atoms with van der Waals surface area (Å²) in [6.45, 7) is 2.31. The number of benzene rings is 1. The molecule has 2 aliphatic heterocycles. The summed E-state index contributed by atoms with van der Waals surface area (Å²) < 4.78 is 5.38. The molecule has 3 atom stereocenters. The van der Waals surface area contributed by atoms with Gasteiger partial charge in [0.2, 0.25) is 5.91 Å². The quantitative estimate of drug-likeness (QED) is 0.779. The van der Waals surface area contributed by atoms with Crippen LogP contribution in [0, 0.1) is 11.8 Å². The molecule has 5 rings (SSSR count). The van der Waals surface area contributed by atoms with E-state index < -0.39 is 0 Å². The minimum atomic E-state index is -0.267. The molecule has 1 N–H and O–H groups in total. The Morgan fingerprint density at radius 1 is 1.06 bits per heavy atom. The molecule has 1 saturated heterocycles. The fourth-order valence-corrected chi connectivity index (χ4v) is 6.19. The number of Topliss-reactive ketones (excluding diaryl/α,β-unsaturated/α-hetero) is 1. The van der Waals surface area contributed by atoms with Crippen LogP contribution < -0.4 is 10.2 Å². The lowest BCUT2D eigenvalue weighted by atomic mass is 9.69. The second-order valence-corrected chi connectivity index (χ2v) is 9.86. The highest BCUT2D eigenvalue weighted by Crippen LogP contribution is 2.38. The first kappa shape index (κ1) is 21.4. The largest absolute Gasteiger partial charge is 0.444 e. The monoisotopic (exact) mass is 439 g/mol. The highest BCUT2D eigenvalue weighted by atomic mass is 16.6. The van der Waals surface area contributed by atoms with Crippen molar-refractivity contribution in [2.75, 3.05) is 24.5 Å². The topological polar surface area (TPSA) is 79.0 Å². The second kappa shape index (κ2) is 9.22. The molecule has 0 aromatic heterocycles. The average Bonchev–Trinajstić information content (AvgIpc) is 2.80. The Morgan fingerprint density at radius 3 is 2.72 bits per heavy atom. The molecule has 0 bridgehead atoms. The van der Waals surface area contributed by atoms with Crippen molar-refractivity contribution >= 4 is 23.5 Å². The number of hydrogen-bond acceptors (Lipinski definition) is 5. The average molecular weight is 440 g/mol. The van der Waals surface area contributed by atoms with Crippen molar-refractivity contribution < 1.29 is 19.1 Å². The lowest BCUT2D eigenvalue weighted by Gasteiger charge is -2.40. The summed E-state index contributed by atoms with van der Waals surface area (Å²) >= 11 is 0. The minimum Gasteiger partial charge on any atom is -0.444 e. The van der Waals surface area contributed by atoms with Crippen molar-refractivity contribution in [1.29, 1.82) is 0 Å². The molecule has 2 amide bonds. The van der Waals surface area contributed by atoms with E-state index in [9.17, 15) is 14.4 Å². The predicted molar refractivity (Wildman–Crippen MR) is 120 cm³/mol. The lowest BCUT2D eigenvalue weighted by molar-refractivity contribution is -0.128. The number of ether oxygens (including phenoxy) is 1. The Bertz CT molecular complexity index is 880. The van der Waals surface area contributed by atoms with E-state index in [1.54, 1.807) is 4.90 Å². The van der Waals surface area contributed by atoms with Crippen LogP contribution >= 0.6 is 0 Å². The van der Waals surface area contributed by atoms with E-state index in [0.29, 0.717) is 24.9 Å². The number of anilines is 1. The van der Waals surface area contributed by atoms with Crippen molar-refractivity contribution in [3.63, 3.8) is 0 Å². The molecule has 2 saturated carbocycles. The number of ketones is 1. The zero-order valence-electron chi connectivity index (χ0n) is 18.6. The minimum absolute atomic E-state index is 0.0803. The third-order valence-electron chi connectivity index (χ3n) is 7.85. The molecular weight excluding hydrogens is 406 g/mol. The summed E-state index contributed by atoms with van der Waals surface area (Å²) in [6, 6.07) is 8.22. The van der Waals surface area contributed by atoms with Crippen molar-refractivity contribution in [3.05, 3.63) is 29.8 Å². The summed E-state index contributed by atoms with van der Waals surface area (Å²) in [6.07, 6.45) is 7.04. The van der Waals surface area contributed by atoms with Gasteiger partial charge in [-0.25, -0.2) is 4.79 Å². The SMILES string of the molecule is O=C(CN1CCC(N2C(=O)OCc3ccccc32)CC1)NC1CCC2C(=O)CCCC2C1. The van der Waals surface area contributed by atoms with E-state index in [1.165, 1.54) is 0 Å². The number of para-hydroxylation sites is 1. The van der Waals surface area contributed by atoms with E-state index in [2.05, 4.69) is 10.2 Å². The zero-order valence-corrected chi connectivity index (χ0v) is 18.6. The molecule has 7 heteroatoms. The number of amides is 2. The molecule has 3 unspecified atom stereocenters. The van der Waals surface area contributed by atoms with Gasteiger partial charge in [-0.3, -0.25) is 19.4 Å². The van der Waals surface area contributed by atoms with Gasteiger partial charge in [-0.15, -0.1) is 0 Å². The number of carbonyl (C=O) groups excluding carboxylic acids is 3. The third-order valence-corrected chi connectivity index (χ3v) is 7.85. The van der Waals surface area contributed by atoms with Crippen molar-refractivity contribution in [1.82, 2.24) is 10.2 Å². The van der Waals surface area contributed by atoms with Gasteiger partial charge < -0.3 is 10.1 Å². The number of likely N-dealkylation sites (tertiary alicyclic amines) is 1. The Balaban J connectivity index is 1.11. The van der Waals surface area contributed by atoms with Crippen LogP contribution in [-0.2, 0) is 20.9 Å². The fraction of sp³-hybridized carbons (Fsp3) is 0.640. The molecule has 0 radical (unpaired) electrons. The maximum Gasteiger partial charge on any atom is 0.414 e. The highest BCUT2D eigenvalue weighted by molar-refractivity contribution is 5.91. The summed E-state index contributed by atoms with van der Waals surface area (Å²) in [7, 11) is 0. The summed E-state index contributed by atoms with van der Waals surface area (Å²) in [5.41, 5.74) is 2.00. The molecule has 172 valence electrons. The van der Waals surface area contributed by atoms with Crippen molar-refractivity contribution in [2.24, 2.45) is 11.8 Å². The first-order valence-electron chi connectivity index (χ1n) is 12.2. The molecule has 1 aromatic carbocycles. The number of fused-ring (bicyclic) bond motifs is 2. The van der Waals surface area contributed by atoms with E-state index in [-0.39, 0.29) is 30.0 Å². The maximum atomic E-state index is 12.7. The number of hydrogen-bond donors (Lipinski definition) is 1. The number of cyclic esters (lactones) is 1. The van der Waals surface area contributed by atoms with E-state index >= 15 is 0 Å². The van der Waals surface area contributed by atoms with Gasteiger partial charge in [-0.2, -0.15) is 0 Å². The highest BCUT2D eigenvalue weighted by Gasteiger charge is 2.38. The number of piperidine rings is 1. The standard InChI is InChI=1S/C25H33N3O4/c29-23-7-3-5-17-14-19(8-9-21(17)23)26-24(30)15-27-12-10-20(11-13-27)28-22-6-2-1-4-18(22)16-32-25(28)31/h1-2,4,6,17,19-21H,3,5,7-16H2,(H,26,30). The van der Waals surface area contributed by atoms with Crippen LogP contribution in [0.5, 0.6) is 0 Å². The van der Waals surface area contributed by atoms with Crippen molar-refractivity contribution in [2.45, 2.75) is 70.1 Å². The normalized spacial score (nSPS) is 29.1. The van der Waals surface area contributed by atoms with Crippen LogP contribution in [0.25, 0.3) is 0 Å². The van der Waals surface area contributed by atoms with Gasteiger partial charge in [-0.1, -0.05) is 18.2 Å². The van der Waals surface area contributed by atoms with Crippen LogP contribution in [0.4, 0.5) is 10.5 Å². The molecule has 2 heterocycles. The third kappa shape index (κ3) is 4.40. The molecule has 32 heavy (non-hydrogen) atoms. The van der Waals surface area contributed by atoms with Crippen LogP contribution in [-0.4, -0.2) is 54.4 Å². The Morgan fingerprint density at radius 2 is 1.88 bits per heavy atom. The van der Waals surface area contributed by atoms with Crippen LogP contribution in [0.3, 0.4) is 0 Å². The number of carbonyl (C=O) groups is 3. The van der Waals surface area contributed by atoms with Gasteiger partial charge in [-0.05, 0) is 56.9 Å². The molecular formula is C25H33N3O4. The van der Waals surface area contributed by atoms with Gasteiger partial charge >= 0.3 is 6.09 Å². The molecule has 2 aliphatic carbocycles. The Hall–Kier alpha value is -2.41. The van der Waals surface area contributed by atoms with Crippen molar-refractivity contribution in [3.8, 4) is 0 Å². The fourth-order valence-electron chi connectivity index (χ4n) is 6.19. The first-order valence-corrected chi connectivity index (χ1v) is 12.2. The maximum absolute atomic E-state index is 12.7. The van der Waals surface area contributed by atoms with Gasteiger partial charge in [0.15, 0.2) is 0 Å². The number of rotatable bonds is 4. The number of nitrogens with one attached hydrogen (secondary N) is 1. The lowest BCUT2D eigenvalue weighted by Crippen LogP contribution is -2.52. The molecule has 3 fully saturated rings. The summed E-state index contributed by atoms with van der Waals surface area (Å²) in [5.74, 6) is 1.21. The van der Waals surface area contributed by atoms with Crippen LogP contribution in [0.15, 0.2) is 24.3 Å². The van der Waals surface area contributed by atoms with E-state index in [0.717, 1.165) is 75.7 Å². The summed E-state index contributed by atoms with van der Waals surface area (Å²) in [5, 5.41) is 3.23. The zero-order chi connectivity index (χ0) is 22.1. The number of nitrogens with zero attached hydrogens (tertiary/aromatic N) is 2. The van der Waals surface area contributed by atoms with E-state index in [4.69, 9.17) is 4.74 Å². The Kier molecular flexibility index (Phi) is 6.17. The molecule has 4 aliphatic rings. The van der Waals surface area contributed by atoms with Crippen LogP contribution in [0.2, 0.25) is 0 Å². The van der Waals surface area contributed by atoms with Gasteiger partial charge in [0, 0.05) is 43.1 Å². The summed E-state index contributed by atoms with van der Waals surface area (Å²) in [4.78, 5) is 41.3. The smallest absolute Gasteiger partial charge is 0.414 e. The molecule has 0 spiro atoms. The molecule has 7 nitrogen and oxygen atoms in total. The molecule has 1 aromatic rings. The van der Waals surface area contributed by atoms with Crippen LogP contribution in [0.1, 0.15) is 56.9 Å². The first-order chi connectivity index (χ1) is 15.6.